The summed E-state index contributed by atoms with van der Waals surface area (Å²) in [6.45, 7) is 2.54. The lowest BCUT2D eigenvalue weighted by Gasteiger charge is -2.22. The third-order valence-corrected chi connectivity index (χ3v) is 5.14. The first-order valence-corrected chi connectivity index (χ1v) is 8.15. The highest BCUT2D eigenvalue weighted by atomic mass is 16.2. The van der Waals surface area contributed by atoms with Gasteiger partial charge in [0.15, 0.2) is 0 Å². The fraction of sp³-hybridized carbons (Fsp3) is 0.444. The molecule has 1 aromatic heterocycles. The third kappa shape index (κ3) is 2.65. The van der Waals surface area contributed by atoms with Gasteiger partial charge in [0.1, 0.15) is 0 Å². The minimum Gasteiger partial charge on any atom is -0.338 e. The maximum absolute atomic E-state index is 12.6. The normalized spacial score (nSPS) is 25.7. The Hall–Kier alpha value is -2.14. The van der Waals surface area contributed by atoms with Crippen molar-refractivity contribution >= 4 is 5.91 Å². The number of amides is 1. The predicted octanol–water partition coefficient (Wildman–Crippen LogP) is 1.56. The van der Waals surface area contributed by atoms with Gasteiger partial charge in [-0.2, -0.15) is 5.10 Å². The number of fused-ring (bicyclic) bond motifs is 1. The van der Waals surface area contributed by atoms with E-state index in [1.165, 1.54) is 0 Å². The monoisotopic (exact) mass is 310 g/mol. The van der Waals surface area contributed by atoms with E-state index in [1.807, 2.05) is 46.1 Å². The molecule has 1 amide bonds. The Bertz CT molecular complexity index is 680. The minimum absolute atomic E-state index is 0.167. The number of rotatable bonds is 4. The second-order valence-corrected chi connectivity index (χ2v) is 6.89. The number of hydrogen-bond donors (Lipinski definition) is 0. The molecule has 0 N–H and O–H groups in total. The maximum atomic E-state index is 12.6. The molecule has 4 rings (SSSR count). The van der Waals surface area contributed by atoms with Crippen molar-refractivity contribution in [3.05, 3.63) is 53.9 Å². The Morgan fingerprint density at radius 1 is 1.22 bits per heavy atom. The molecule has 1 saturated heterocycles. The molecule has 2 heterocycles. The summed E-state index contributed by atoms with van der Waals surface area (Å²) in [6.07, 6.45) is 3.72. The average molecular weight is 310 g/mol. The molecule has 0 spiro atoms. The molecule has 120 valence electrons. The molecular formula is C18H22N4O. The van der Waals surface area contributed by atoms with E-state index in [4.69, 9.17) is 0 Å². The molecule has 2 fully saturated rings. The Balaban J connectivity index is 1.38. The number of aromatic nitrogens is 2. The Labute approximate surface area is 136 Å². The Morgan fingerprint density at radius 2 is 1.91 bits per heavy atom. The number of carbonyl (C=O) groups is 1. The van der Waals surface area contributed by atoms with Crippen molar-refractivity contribution in [2.45, 2.75) is 12.6 Å². The first-order valence-electron chi connectivity index (χ1n) is 8.15. The molecule has 5 nitrogen and oxygen atoms in total. The van der Waals surface area contributed by atoms with Gasteiger partial charge in [-0.3, -0.25) is 9.48 Å². The summed E-state index contributed by atoms with van der Waals surface area (Å²) < 4.78 is 1.88. The zero-order valence-corrected chi connectivity index (χ0v) is 13.6. The van der Waals surface area contributed by atoms with Crippen LogP contribution < -0.4 is 0 Å². The summed E-state index contributed by atoms with van der Waals surface area (Å²) in [5.74, 6) is 1.52. The Morgan fingerprint density at radius 3 is 2.48 bits per heavy atom. The van der Waals surface area contributed by atoms with Gasteiger partial charge in [-0.15, -0.1) is 0 Å². The lowest BCUT2D eigenvalue weighted by atomic mass is 10.1. The lowest BCUT2D eigenvalue weighted by Crippen LogP contribution is -2.35. The summed E-state index contributed by atoms with van der Waals surface area (Å²) >= 11 is 0. The van der Waals surface area contributed by atoms with E-state index >= 15 is 0 Å². The second-order valence-electron chi connectivity index (χ2n) is 6.89. The van der Waals surface area contributed by atoms with E-state index in [2.05, 4.69) is 24.1 Å². The molecule has 1 aliphatic carbocycles. The van der Waals surface area contributed by atoms with Crippen LogP contribution in [-0.2, 0) is 6.54 Å². The lowest BCUT2D eigenvalue weighted by molar-refractivity contribution is 0.0762. The van der Waals surface area contributed by atoms with Crippen LogP contribution in [0.1, 0.15) is 15.9 Å². The van der Waals surface area contributed by atoms with E-state index < -0.39 is 0 Å². The molecule has 0 radical (unpaired) electrons. The summed E-state index contributed by atoms with van der Waals surface area (Å²) in [7, 11) is 4.26. The molecule has 1 aliphatic heterocycles. The smallest absolute Gasteiger partial charge is 0.253 e. The van der Waals surface area contributed by atoms with Gasteiger partial charge in [0.2, 0.25) is 0 Å². The molecule has 0 bridgehead atoms. The van der Waals surface area contributed by atoms with Crippen LogP contribution in [0.15, 0.2) is 42.7 Å². The Kier molecular flexibility index (Phi) is 3.45. The van der Waals surface area contributed by atoms with Gasteiger partial charge in [-0.05, 0) is 49.7 Å². The average Bonchev–Trinajstić information content (AvgIpc) is 2.93. The van der Waals surface area contributed by atoms with E-state index in [0.29, 0.717) is 17.9 Å². The number of nitrogens with zero attached hydrogens (tertiary/aromatic N) is 4. The number of carbonyl (C=O) groups excluding carboxylic acids is 1. The summed E-state index contributed by atoms with van der Waals surface area (Å²) in [4.78, 5) is 16.9. The van der Waals surface area contributed by atoms with Crippen LogP contribution in [0.4, 0.5) is 0 Å². The van der Waals surface area contributed by atoms with Crippen molar-refractivity contribution in [3.63, 3.8) is 0 Å². The molecule has 1 unspecified atom stereocenters. The minimum atomic E-state index is 0.167. The van der Waals surface area contributed by atoms with Gasteiger partial charge in [0, 0.05) is 37.1 Å². The van der Waals surface area contributed by atoms with Crippen molar-refractivity contribution in [2.24, 2.45) is 11.8 Å². The van der Waals surface area contributed by atoms with Crippen molar-refractivity contribution in [1.82, 2.24) is 19.6 Å². The molecule has 2 aromatic rings. The third-order valence-electron chi connectivity index (χ3n) is 5.14. The van der Waals surface area contributed by atoms with Crippen LogP contribution in [0.2, 0.25) is 0 Å². The van der Waals surface area contributed by atoms with E-state index in [1.54, 1.807) is 6.20 Å². The highest BCUT2D eigenvalue weighted by molar-refractivity contribution is 5.94. The van der Waals surface area contributed by atoms with Crippen molar-refractivity contribution in [2.75, 3.05) is 27.2 Å². The van der Waals surface area contributed by atoms with Gasteiger partial charge in [0.05, 0.1) is 6.54 Å². The molecule has 1 aromatic carbocycles. The summed E-state index contributed by atoms with van der Waals surface area (Å²) in [5.41, 5.74) is 1.94. The van der Waals surface area contributed by atoms with Crippen molar-refractivity contribution in [1.29, 1.82) is 0 Å². The topological polar surface area (TPSA) is 41.4 Å². The summed E-state index contributed by atoms with van der Waals surface area (Å²) in [6, 6.07) is 10.5. The molecule has 23 heavy (non-hydrogen) atoms. The first-order chi connectivity index (χ1) is 11.1. The SMILES string of the molecule is CN(C)C1[C@H]2CN(C(=O)c3ccc(Cn4cccn4)cc3)C[C@@H]12. The van der Waals surface area contributed by atoms with Crippen LogP contribution in [0.3, 0.4) is 0 Å². The zero-order valence-electron chi connectivity index (χ0n) is 13.6. The standard InChI is InChI=1S/C18H22N4O/c1-20(2)17-15-11-21(12-16(15)17)18(23)14-6-4-13(5-7-14)10-22-9-3-8-19-22/h3-9,15-17H,10-12H2,1-2H3/t15-,16+,17?. The largest absolute Gasteiger partial charge is 0.338 e. The number of piperidine rings is 1. The van der Waals surface area contributed by atoms with Crippen LogP contribution in [-0.4, -0.2) is 58.7 Å². The quantitative estimate of drug-likeness (QED) is 0.861. The number of benzene rings is 1. The zero-order chi connectivity index (χ0) is 16.0. The fourth-order valence-electron chi connectivity index (χ4n) is 3.94. The summed E-state index contributed by atoms with van der Waals surface area (Å²) in [5, 5.41) is 4.20. The van der Waals surface area contributed by atoms with Crippen LogP contribution in [0, 0.1) is 11.8 Å². The van der Waals surface area contributed by atoms with Gasteiger partial charge in [-0.1, -0.05) is 12.1 Å². The number of hydrogen-bond acceptors (Lipinski definition) is 3. The van der Waals surface area contributed by atoms with Gasteiger partial charge in [-0.25, -0.2) is 0 Å². The predicted molar refractivity (Wildman–Crippen MR) is 88.1 cm³/mol. The van der Waals surface area contributed by atoms with Gasteiger partial charge >= 0.3 is 0 Å². The molecule has 2 aliphatic rings. The van der Waals surface area contributed by atoms with E-state index in [0.717, 1.165) is 30.8 Å². The number of likely N-dealkylation sites (tertiary alicyclic amines) is 1. The van der Waals surface area contributed by atoms with Crippen LogP contribution >= 0.6 is 0 Å². The van der Waals surface area contributed by atoms with Crippen LogP contribution in [0.25, 0.3) is 0 Å². The van der Waals surface area contributed by atoms with Crippen molar-refractivity contribution in [3.8, 4) is 0 Å². The molecule has 5 heteroatoms. The first kappa shape index (κ1) is 14.5. The van der Waals surface area contributed by atoms with Crippen LogP contribution in [0.5, 0.6) is 0 Å². The molecule has 1 saturated carbocycles. The molecule has 3 atom stereocenters. The maximum Gasteiger partial charge on any atom is 0.253 e. The van der Waals surface area contributed by atoms with Gasteiger partial charge < -0.3 is 9.80 Å². The highest BCUT2D eigenvalue weighted by Crippen LogP contribution is 2.48. The van der Waals surface area contributed by atoms with Crippen molar-refractivity contribution < 1.29 is 4.79 Å². The highest BCUT2D eigenvalue weighted by Gasteiger charge is 2.57. The van der Waals surface area contributed by atoms with E-state index in [9.17, 15) is 4.79 Å². The fourth-order valence-corrected chi connectivity index (χ4v) is 3.94. The second kappa shape index (κ2) is 5.49. The van der Waals surface area contributed by atoms with E-state index in [-0.39, 0.29) is 5.91 Å². The molecular weight excluding hydrogens is 288 g/mol. The van der Waals surface area contributed by atoms with Gasteiger partial charge in [0.25, 0.3) is 5.91 Å².